The number of fused-ring (bicyclic) bond motifs is 1. The number of aryl methyl sites for hydroxylation is 1. The molecule has 1 fully saturated rings. The van der Waals surface area contributed by atoms with E-state index in [0.29, 0.717) is 13.0 Å². The van der Waals surface area contributed by atoms with Crippen LogP contribution >= 0.6 is 0 Å². The summed E-state index contributed by atoms with van der Waals surface area (Å²) in [6.07, 6.45) is 2.85. The number of amides is 1. The van der Waals surface area contributed by atoms with Gasteiger partial charge in [0.25, 0.3) is 0 Å². The zero-order chi connectivity index (χ0) is 15.5. The summed E-state index contributed by atoms with van der Waals surface area (Å²) in [5, 5.41) is 13.7. The van der Waals surface area contributed by atoms with E-state index in [9.17, 15) is 9.90 Å². The van der Waals surface area contributed by atoms with E-state index < -0.39 is 6.10 Å². The Morgan fingerprint density at radius 2 is 2.32 bits per heavy atom. The van der Waals surface area contributed by atoms with E-state index in [-0.39, 0.29) is 25.0 Å². The number of aliphatic hydroxyl groups is 1. The maximum Gasteiger partial charge on any atom is 0.224 e. The fourth-order valence-corrected chi connectivity index (χ4v) is 2.81. The van der Waals surface area contributed by atoms with Crippen molar-refractivity contribution in [3.63, 3.8) is 0 Å². The lowest BCUT2D eigenvalue weighted by Gasteiger charge is -2.28. The van der Waals surface area contributed by atoms with Gasteiger partial charge in [-0.05, 0) is 30.5 Å². The van der Waals surface area contributed by atoms with Crippen molar-refractivity contribution < 1.29 is 19.1 Å². The zero-order valence-electron chi connectivity index (χ0n) is 12.7. The summed E-state index contributed by atoms with van der Waals surface area (Å²) < 4.78 is 10.7. The molecule has 1 aliphatic rings. The molecule has 5 nitrogen and oxygen atoms in total. The van der Waals surface area contributed by atoms with Crippen LogP contribution in [0.15, 0.2) is 28.9 Å². The molecule has 2 atom stereocenters. The smallest absolute Gasteiger partial charge is 0.224 e. The summed E-state index contributed by atoms with van der Waals surface area (Å²) >= 11 is 0. The molecule has 1 aromatic heterocycles. The number of benzene rings is 1. The first-order valence-corrected chi connectivity index (χ1v) is 7.71. The first kappa shape index (κ1) is 15.1. The van der Waals surface area contributed by atoms with Crippen LogP contribution in [0.2, 0.25) is 0 Å². The van der Waals surface area contributed by atoms with Gasteiger partial charge in [-0.1, -0.05) is 13.0 Å². The van der Waals surface area contributed by atoms with Crippen molar-refractivity contribution in [2.24, 2.45) is 0 Å². The first-order chi connectivity index (χ1) is 10.7. The molecule has 0 radical (unpaired) electrons. The van der Waals surface area contributed by atoms with Crippen molar-refractivity contribution in [1.29, 1.82) is 0 Å². The Kier molecular flexibility index (Phi) is 4.45. The third-order valence-corrected chi connectivity index (χ3v) is 4.15. The van der Waals surface area contributed by atoms with Gasteiger partial charge in [-0.25, -0.2) is 0 Å². The highest BCUT2D eigenvalue weighted by atomic mass is 16.5. The summed E-state index contributed by atoms with van der Waals surface area (Å²) in [5.74, 6) is -0.101. The van der Waals surface area contributed by atoms with Crippen LogP contribution in [0.25, 0.3) is 11.0 Å². The largest absolute Gasteiger partial charge is 0.464 e. The topological polar surface area (TPSA) is 71.7 Å². The normalized spacial score (nSPS) is 21.9. The molecule has 1 aromatic carbocycles. The van der Waals surface area contributed by atoms with E-state index in [1.807, 2.05) is 12.1 Å². The highest BCUT2D eigenvalue weighted by Gasteiger charge is 2.25. The van der Waals surface area contributed by atoms with Crippen LogP contribution in [0.1, 0.15) is 24.5 Å². The summed E-state index contributed by atoms with van der Waals surface area (Å²) in [5.41, 5.74) is 2.89. The Hall–Kier alpha value is -1.85. The van der Waals surface area contributed by atoms with Crippen LogP contribution in [0.4, 0.5) is 0 Å². The Balaban J connectivity index is 1.71. The van der Waals surface area contributed by atoms with Gasteiger partial charge in [-0.2, -0.15) is 0 Å². The van der Waals surface area contributed by atoms with Gasteiger partial charge in [0.1, 0.15) is 5.58 Å². The van der Waals surface area contributed by atoms with E-state index in [4.69, 9.17) is 9.15 Å². The van der Waals surface area contributed by atoms with Crippen molar-refractivity contribution in [3.8, 4) is 0 Å². The third-order valence-electron chi connectivity index (χ3n) is 4.15. The number of aliphatic hydroxyl groups excluding tert-OH is 1. The van der Waals surface area contributed by atoms with Crippen molar-refractivity contribution in [3.05, 3.63) is 35.6 Å². The number of hydrogen-bond acceptors (Lipinski definition) is 4. The molecule has 0 saturated carbocycles. The molecule has 0 aliphatic carbocycles. The lowest BCUT2D eigenvalue weighted by molar-refractivity contribution is -0.123. The van der Waals surface area contributed by atoms with Gasteiger partial charge in [-0.3, -0.25) is 4.79 Å². The summed E-state index contributed by atoms with van der Waals surface area (Å²) in [6.45, 7) is 2.94. The second kappa shape index (κ2) is 6.50. The molecule has 3 rings (SSSR count). The van der Waals surface area contributed by atoms with Crippen LogP contribution in [0, 0.1) is 0 Å². The van der Waals surface area contributed by atoms with E-state index >= 15 is 0 Å². The van der Waals surface area contributed by atoms with Gasteiger partial charge in [0, 0.05) is 17.6 Å². The molecule has 0 unspecified atom stereocenters. The monoisotopic (exact) mass is 303 g/mol. The van der Waals surface area contributed by atoms with Gasteiger partial charge in [0.2, 0.25) is 5.91 Å². The molecule has 2 heterocycles. The van der Waals surface area contributed by atoms with E-state index in [1.54, 1.807) is 6.26 Å². The van der Waals surface area contributed by atoms with E-state index in [1.165, 1.54) is 5.56 Å². The van der Waals surface area contributed by atoms with Crippen molar-refractivity contribution >= 4 is 16.9 Å². The van der Waals surface area contributed by atoms with E-state index in [0.717, 1.165) is 23.0 Å². The lowest BCUT2D eigenvalue weighted by Crippen LogP contribution is -2.49. The molecular formula is C17H21NO4. The Morgan fingerprint density at radius 3 is 3.09 bits per heavy atom. The van der Waals surface area contributed by atoms with Gasteiger partial charge < -0.3 is 19.6 Å². The molecule has 1 saturated heterocycles. The standard InChI is InChI=1S/C17H21NO4/c1-2-11-3-4-16-13(7-11)12(9-22-16)8-17(20)18-14-5-6-21-10-15(14)19/h3-4,7,9,14-15,19H,2,5-6,8,10H2,1H3,(H,18,20)/t14-,15-/m1/s1. The number of ether oxygens (including phenoxy) is 1. The van der Waals surface area contributed by atoms with Crippen LogP contribution in [0.5, 0.6) is 0 Å². The van der Waals surface area contributed by atoms with Crippen LogP contribution in [0.3, 0.4) is 0 Å². The number of carbonyl (C=O) groups excluding carboxylic acids is 1. The second-order valence-corrected chi connectivity index (χ2v) is 5.73. The molecule has 22 heavy (non-hydrogen) atoms. The molecule has 118 valence electrons. The highest BCUT2D eigenvalue weighted by Crippen LogP contribution is 2.23. The number of carbonyl (C=O) groups is 1. The average Bonchev–Trinajstić information content (AvgIpc) is 2.91. The van der Waals surface area contributed by atoms with Gasteiger partial charge >= 0.3 is 0 Å². The Bertz CT molecular complexity index is 664. The maximum atomic E-state index is 12.2. The molecule has 5 heteroatoms. The summed E-state index contributed by atoms with van der Waals surface area (Å²) in [6, 6.07) is 5.82. The summed E-state index contributed by atoms with van der Waals surface area (Å²) in [7, 11) is 0. The SMILES string of the molecule is CCc1ccc2occ(CC(=O)N[C@@H]3CCOC[C@H]3O)c2c1. The lowest BCUT2D eigenvalue weighted by atomic mass is 10.0. The maximum absolute atomic E-state index is 12.2. The van der Waals surface area contributed by atoms with Crippen molar-refractivity contribution in [1.82, 2.24) is 5.32 Å². The number of furan rings is 1. The number of rotatable bonds is 4. The van der Waals surface area contributed by atoms with Crippen LogP contribution in [-0.4, -0.2) is 36.4 Å². The molecule has 2 N–H and O–H groups in total. The summed E-state index contributed by atoms with van der Waals surface area (Å²) in [4.78, 5) is 12.2. The van der Waals surface area contributed by atoms with Crippen molar-refractivity contribution in [2.75, 3.05) is 13.2 Å². The zero-order valence-corrected chi connectivity index (χ0v) is 12.7. The minimum atomic E-state index is -0.634. The first-order valence-electron chi connectivity index (χ1n) is 7.71. The Morgan fingerprint density at radius 1 is 1.45 bits per heavy atom. The molecule has 0 bridgehead atoms. The average molecular weight is 303 g/mol. The van der Waals surface area contributed by atoms with Gasteiger partial charge in [-0.15, -0.1) is 0 Å². The quantitative estimate of drug-likeness (QED) is 0.903. The predicted octanol–water partition coefficient (Wildman–Crippen LogP) is 1.80. The fraction of sp³-hybridized carbons (Fsp3) is 0.471. The van der Waals surface area contributed by atoms with Crippen molar-refractivity contribution in [2.45, 2.75) is 38.3 Å². The fourth-order valence-electron chi connectivity index (χ4n) is 2.81. The number of hydrogen-bond donors (Lipinski definition) is 2. The molecule has 2 aromatic rings. The molecule has 0 spiro atoms. The van der Waals surface area contributed by atoms with Gasteiger partial charge in [0.05, 0.1) is 31.4 Å². The van der Waals surface area contributed by atoms with Gasteiger partial charge in [0.15, 0.2) is 0 Å². The molecular weight excluding hydrogens is 282 g/mol. The Labute approximate surface area is 129 Å². The van der Waals surface area contributed by atoms with E-state index in [2.05, 4.69) is 18.3 Å². The molecule has 1 aliphatic heterocycles. The minimum Gasteiger partial charge on any atom is -0.464 e. The second-order valence-electron chi connectivity index (χ2n) is 5.73. The predicted molar refractivity (Wildman–Crippen MR) is 82.7 cm³/mol. The van der Waals surface area contributed by atoms with Crippen LogP contribution < -0.4 is 5.32 Å². The minimum absolute atomic E-state index is 0.101. The van der Waals surface area contributed by atoms with Crippen LogP contribution in [-0.2, 0) is 22.4 Å². The highest BCUT2D eigenvalue weighted by molar-refractivity contribution is 5.88. The molecule has 1 amide bonds. The third kappa shape index (κ3) is 3.15. The number of nitrogens with one attached hydrogen (secondary N) is 1.